The SMILES string of the molecule is Cc1cc(C(=O)NNC(=O)c2ccccc2C(F)(F)F)c(C)n1-c1ccccc1. The smallest absolute Gasteiger partial charge is 0.318 e. The summed E-state index contributed by atoms with van der Waals surface area (Å²) in [6.07, 6.45) is -4.68. The van der Waals surface area contributed by atoms with Crippen molar-refractivity contribution >= 4 is 11.8 Å². The number of aryl methyl sites for hydroxylation is 1. The zero-order valence-corrected chi connectivity index (χ0v) is 15.7. The molecule has 8 heteroatoms. The lowest BCUT2D eigenvalue weighted by Crippen LogP contribution is -2.42. The Morgan fingerprint density at radius 2 is 1.38 bits per heavy atom. The largest absolute Gasteiger partial charge is 0.417 e. The molecule has 0 unspecified atom stereocenters. The van der Waals surface area contributed by atoms with Crippen molar-refractivity contribution in [3.8, 4) is 5.69 Å². The predicted octanol–water partition coefficient (Wildman–Crippen LogP) is 4.19. The van der Waals surface area contributed by atoms with Crippen LogP contribution in [0, 0.1) is 13.8 Å². The highest BCUT2D eigenvalue weighted by Gasteiger charge is 2.35. The second kappa shape index (κ2) is 7.83. The molecule has 0 saturated heterocycles. The summed E-state index contributed by atoms with van der Waals surface area (Å²) in [6.45, 7) is 3.57. The van der Waals surface area contributed by atoms with Crippen LogP contribution in [0.25, 0.3) is 5.69 Å². The topological polar surface area (TPSA) is 63.1 Å². The van der Waals surface area contributed by atoms with Crippen LogP contribution >= 0.6 is 0 Å². The molecule has 3 rings (SSSR count). The number of alkyl halides is 3. The van der Waals surface area contributed by atoms with Gasteiger partial charge < -0.3 is 4.57 Å². The molecule has 0 radical (unpaired) electrons. The Hall–Kier alpha value is -3.55. The Bertz CT molecular complexity index is 1060. The maximum absolute atomic E-state index is 13.1. The van der Waals surface area contributed by atoms with E-state index in [-0.39, 0.29) is 0 Å². The van der Waals surface area contributed by atoms with E-state index in [4.69, 9.17) is 0 Å². The quantitative estimate of drug-likeness (QED) is 0.647. The number of amides is 2. The molecule has 0 aliphatic heterocycles. The van der Waals surface area contributed by atoms with Gasteiger partial charge in [-0.15, -0.1) is 0 Å². The normalized spacial score (nSPS) is 11.2. The summed E-state index contributed by atoms with van der Waals surface area (Å²) in [5.74, 6) is -1.68. The van der Waals surface area contributed by atoms with Crippen LogP contribution in [0.15, 0.2) is 60.7 Å². The highest BCUT2D eigenvalue weighted by Crippen LogP contribution is 2.31. The lowest BCUT2D eigenvalue weighted by molar-refractivity contribution is -0.137. The number of para-hydroxylation sites is 1. The Morgan fingerprint density at radius 3 is 2.00 bits per heavy atom. The maximum atomic E-state index is 13.1. The van der Waals surface area contributed by atoms with E-state index in [1.807, 2.05) is 41.8 Å². The van der Waals surface area contributed by atoms with Gasteiger partial charge in [0.25, 0.3) is 11.8 Å². The van der Waals surface area contributed by atoms with Crippen LogP contribution in [0.5, 0.6) is 0 Å². The third-order valence-electron chi connectivity index (χ3n) is 4.46. The minimum absolute atomic E-state index is 0.302. The number of nitrogens with one attached hydrogen (secondary N) is 2. The number of rotatable bonds is 3. The third kappa shape index (κ3) is 4.16. The van der Waals surface area contributed by atoms with Gasteiger partial charge in [0.05, 0.1) is 16.7 Å². The van der Waals surface area contributed by atoms with Crippen LogP contribution in [-0.4, -0.2) is 16.4 Å². The molecule has 1 heterocycles. The molecule has 0 bridgehead atoms. The van der Waals surface area contributed by atoms with Crippen molar-refractivity contribution in [2.24, 2.45) is 0 Å². The molecule has 0 saturated carbocycles. The summed E-state index contributed by atoms with van der Waals surface area (Å²) in [4.78, 5) is 24.7. The molecule has 5 nitrogen and oxygen atoms in total. The number of hydrazine groups is 1. The molecule has 150 valence electrons. The van der Waals surface area contributed by atoms with Crippen molar-refractivity contribution in [1.29, 1.82) is 0 Å². The van der Waals surface area contributed by atoms with Gasteiger partial charge in [0, 0.05) is 17.1 Å². The molecule has 0 atom stereocenters. The lowest BCUT2D eigenvalue weighted by atomic mass is 10.1. The van der Waals surface area contributed by atoms with Crippen LogP contribution in [0.4, 0.5) is 13.2 Å². The highest BCUT2D eigenvalue weighted by atomic mass is 19.4. The number of halogens is 3. The van der Waals surface area contributed by atoms with E-state index in [1.165, 1.54) is 12.1 Å². The standard InChI is InChI=1S/C21H18F3N3O2/c1-13-12-17(14(2)27(13)15-8-4-3-5-9-15)20(29)26-25-19(28)16-10-6-7-11-18(16)21(22,23)24/h3-12H,1-2H3,(H,25,28)(H,26,29). The average molecular weight is 401 g/mol. The van der Waals surface area contributed by atoms with Gasteiger partial charge >= 0.3 is 6.18 Å². The lowest BCUT2D eigenvalue weighted by Gasteiger charge is -2.13. The van der Waals surface area contributed by atoms with Gasteiger partial charge in [-0.05, 0) is 44.2 Å². The third-order valence-corrected chi connectivity index (χ3v) is 4.46. The molecule has 2 aromatic carbocycles. The zero-order valence-electron chi connectivity index (χ0n) is 15.7. The zero-order chi connectivity index (χ0) is 21.2. The van der Waals surface area contributed by atoms with Crippen LogP contribution in [0.3, 0.4) is 0 Å². The molecule has 3 aromatic rings. The molecule has 0 aliphatic rings. The Morgan fingerprint density at radius 1 is 0.828 bits per heavy atom. The van der Waals surface area contributed by atoms with Gasteiger partial charge in [0.1, 0.15) is 0 Å². The fraction of sp³-hybridized carbons (Fsp3) is 0.143. The number of hydrogen-bond acceptors (Lipinski definition) is 2. The highest BCUT2D eigenvalue weighted by molar-refractivity contribution is 6.00. The van der Waals surface area contributed by atoms with Gasteiger partial charge in [-0.25, -0.2) is 0 Å². The average Bonchev–Trinajstić information content (AvgIpc) is 3.00. The molecule has 29 heavy (non-hydrogen) atoms. The summed E-state index contributed by atoms with van der Waals surface area (Å²) >= 11 is 0. The Balaban J connectivity index is 1.78. The van der Waals surface area contributed by atoms with Gasteiger partial charge in [0.15, 0.2) is 0 Å². The molecule has 0 aliphatic carbocycles. The minimum Gasteiger partial charge on any atom is -0.318 e. The van der Waals surface area contributed by atoms with Crippen molar-refractivity contribution in [2.75, 3.05) is 0 Å². The van der Waals surface area contributed by atoms with Crippen molar-refractivity contribution in [3.05, 3.63) is 88.7 Å². The number of nitrogens with zero attached hydrogens (tertiary/aromatic N) is 1. The molecule has 2 amide bonds. The summed E-state index contributed by atoms with van der Waals surface area (Å²) in [5, 5.41) is 0. The number of aromatic nitrogens is 1. The number of carbonyl (C=O) groups excluding carboxylic acids is 2. The molecule has 1 aromatic heterocycles. The van der Waals surface area contributed by atoms with Gasteiger partial charge in [-0.2, -0.15) is 13.2 Å². The van der Waals surface area contributed by atoms with Crippen molar-refractivity contribution in [3.63, 3.8) is 0 Å². The fourth-order valence-corrected chi connectivity index (χ4v) is 3.14. The molecule has 0 fully saturated rings. The van der Waals surface area contributed by atoms with Gasteiger partial charge in [0.2, 0.25) is 0 Å². The summed E-state index contributed by atoms with van der Waals surface area (Å²) in [6, 6.07) is 15.4. The number of carbonyl (C=O) groups is 2. The Labute approximate surface area is 165 Å². The van der Waals surface area contributed by atoms with E-state index in [0.29, 0.717) is 11.3 Å². The van der Waals surface area contributed by atoms with E-state index in [2.05, 4.69) is 10.9 Å². The van der Waals surface area contributed by atoms with Crippen LogP contribution < -0.4 is 10.9 Å². The maximum Gasteiger partial charge on any atom is 0.417 e. The predicted molar refractivity (Wildman–Crippen MR) is 102 cm³/mol. The van der Waals surface area contributed by atoms with Crippen molar-refractivity contribution < 1.29 is 22.8 Å². The second-order valence-electron chi connectivity index (χ2n) is 6.41. The first kappa shape index (κ1) is 20.2. The summed E-state index contributed by atoms with van der Waals surface area (Å²) < 4.78 is 41.1. The monoisotopic (exact) mass is 401 g/mol. The summed E-state index contributed by atoms with van der Waals surface area (Å²) in [7, 11) is 0. The first-order chi connectivity index (χ1) is 13.7. The minimum atomic E-state index is -4.68. The molecule has 2 N–H and O–H groups in total. The Kier molecular flexibility index (Phi) is 5.45. The summed E-state index contributed by atoms with van der Waals surface area (Å²) in [5.41, 5.74) is 5.20. The molecular weight excluding hydrogens is 383 g/mol. The first-order valence-corrected chi connectivity index (χ1v) is 8.71. The van der Waals surface area contributed by atoms with E-state index in [0.717, 1.165) is 23.5 Å². The van der Waals surface area contributed by atoms with E-state index in [9.17, 15) is 22.8 Å². The second-order valence-corrected chi connectivity index (χ2v) is 6.41. The van der Waals surface area contributed by atoms with Gasteiger partial charge in [-0.1, -0.05) is 30.3 Å². The molecule has 0 spiro atoms. The van der Waals surface area contributed by atoms with E-state index in [1.54, 1.807) is 13.0 Å². The van der Waals surface area contributed by atoms with Crippen LogP contribution in [-0.2, 0) is 6.18 Å². The van der Waals surface area contributed by atoms with Gasteiger partial charge in [-0.3, -0.25) is 20.4 Å². The van der Waals surface area contributed by atoms with Crippen molar-refractivity contribution in [1.82, 2.24) is 15.4 Å². The van der Waals surface area contributed by atoms with E-state index < -0.39 is 29.1 Å². The first-order valence-electron chi connectivity index (χ1n) is 8.71. The fourth-order valence-electron chi connectivity index (χ4n) is 3.14. The molecular formula is C21H18F3N3O2. The van der Waals surface area contributed by atoms with Crippen LogP contribution in [0.1, 0.15) is 37.7 Å². The van der Waals surface area contributed by atoms with Crippen molar-refractivity contribution in [2.45, 2.75) is 20.0 Å². The van der Waals surface area contributed by atoms with E-state index >= 15 is 0 Å². The number of hydrogen-bond donors (Lipinski definition) is 2. The van der Waals surface area contributed by atoms with Crippen LogP contribution in [0.2, 0.25) is 0 Å². The number of benzene rings is 2.